The molecule has 0 radical (unpaired) electrons. The molecule has 158 valence electrons. The molecule has 1 saturated carbocycles. The third-order valence-corrected chi connectivity index (χ3v) is 5.57. The number of esters is 1. The van der Waals surface area contributed by atoms with Crippen molar-refractivity contribution in [2.24, 2.45) is 11.8 Å². The second-order valence-corrected chi connectivity index (χ2v) is 7.26. The van der Waals surface area contributed by atoms with E-state index in [4.69, 9.17) is 14.2 Å². The van der Waals surface area contributed by atoms with E-state index in [1.165, 1.54) is 0 Å². The Kier molecular flexibility index (Phi) is 5.79. The number of carbonyl (C=O) groups excluding carboxylic acids is 2. The molecule has 28 heavy (non-hydrogen) atoms. The van der Waals surface area contributed by atoms with Crippen LogP contribution in [0.25, 0.3) is 0 Å². The summed E-state index contributed by atoms with van der Waals surface area (Å²) >= 11 is 0. The van der Waals surface area contributed by atoms with Crippen LogP contribution in [0.15, 0.2) is 11.8 Å². The molecule has 1 saturated heterocycles. The van der Waals surface area contributed by atoms with E-state index in [1.807, 2.05) is 0 Å². The van der Waals surface area contributed by atoms with Crippen LogP contribution in [0, 0.1) is 11.8 Å². The SMILES string of the molecule is COC(=O)C1=CO[C@@H](O[C@@H]2O[C@H](CO)[C@@H](O)[C@H](O)[C@H]2O)[C@@H]2C(C)CC(=O)[C@]12O. The van der Waals surface area contributed by atoms with Gasteiger partial charge in [-0.05, 0) is 5.92 Å². The smallest absolute Gasteiger partial charge is 0.340 e. The van der Waals surface area contributed by atoms with Crippen LogP contribution in [0.2, 0.25) is 0 Å². The maximum atomic E-state index is 12.5. The van der Waals surface area contributed by atoms with Crippen molar-refractivity contribution in [3.05, 3.63) is 11.8 Å². The summed E-state index contributed by atoms with van der Waals surface area (Å²) in [5.41, 5.74) is -2.56. The molecule has 11 nitrogen and oxygen atoms in total. The second kappa shape index (κ2) is 7.67. The highest BCUT2D eigenvalue weighted by atomic mass is 16.8. The molecule has 0 aromatic rings. The molecule has 9 atom stereocenters. The van der Waals surface area contributed by atoms with Crippen molar-refractivity contribution < 1.29 is 54.1 Å². The number of rotatable bonds is 4. The van der Waals surface area contributed by atoms with Gasteiger partial charge in [0.15, 0.2) is 17.7 Å². The lowest BCUT2D eigenvalue weighted by molar-refractivity contribution is -0.346. The van der Waals surface area contributed by atoms with Crippen molar-refractivity contribution in [3.8, 4) is 0 Å². The fourth-order valence-corrected chi connectivity index (χ4v) is 4.02. The lowest BCUT2D eigenvalue weighted by Gasteiger charge is -2.44. The first-order valence-corrected chi connectivity index (χ1v) is 8.82. The summed E-state index contributed by atoms with van der Waals surface area (Å²) in [5.74, 6) is -3.01. The normalized spacial score (nSPS) is 45.8. The van der Waals surface area contributed by atoms with Crippen molar-refractivity contribution in [2.45, 2.75) is 55.9 Å². The number of fused-ring (bicyclic) bond motifs is 1. The molecule has 0 aromatic heterocycles. The molecule has 0 bridgehead atoms. The third-order valence-electron chi connectivity index (χ3n) is 5.57. The van der Waals surface area contributed by atoms with E-state index in [9.17, 15) is 35.1 Å². The van der Waals surface area contributed by atoms with Crippen molar-refractivity contribution in [1.29, 1.82) is 0 Å². The van der Waals surface area contributed by atoms with Crippen LogP contribution in [0.4, 0.5) is 0 Å². The van der Waals surface area contributed by atoms with Gasteiger partial charge in [0.25, 0.3) is 0 Å². The van der Waals surface area contributed by atoms with Gasteiger partial charge in [-0.25, -0.2) is 4.79 Å². The molecule has 11 heteroatoms. The summed E-state index contributed by atoms with van der Waals surface area (Å²) in [6.07, 6.45) is -8.14. The molecule has 2 heterocycles. The Morgan fingerprint density at radius 3 is 2.54 bits per heavy atom. The van der Waals surface area contributed by atoms with E-state index in [0.717, 1.165) is 13.4 Å². The maximum Gasteiger partial charge on any atom is 0.340 e. The summed E-state index contributed by atoms with van der Waals surface area (Å²) in [6, 6.07) is 0. The minimum Gasteiger partial charge on any atom is -0.471 e. The highest BCUT2D eigenvalue weighted by Crippen LogP contribution is 2.48. The first-order chi connectivity index (χ1) is 13.2. The molecule has 1 aliphatic carbocycles. The fourth-order valence-electron chi connectivity index (χ4n) is 4.02. The Labute approximate surface area is 160 Å². The zero-order chi connectivity index (χ0) is 20.8. The van der Waals surface area contributed by atoms with Crippen molar-refractivity contribution >= 4 is 11.8 Å². The number of methoxy groups -OCH3 is 1. The lowest BCUT2D eigenvalue weighted by Crippen LogP contribution is -2.61. The van der Waals surface area contributed by atoms with Gasteiger partial charge in [0.2, 0.25) is 6.29 Å². The van der Waals surface area contributed by atoms with E-state index < -0.39 is 72.8 Å². The van der Waals surface area contributed by atoms with Gasteiger partial charge in [0.05, 0.1) is 19.6 Å². The van der Waals surface area contributed by atoms with Gasteiger partial charge < -0.3 is 44.5 Å². The van der Waals surface area contributed by atoms with E-state index in [2.05, 4.69) is 4.74 Å². The average molecular weight is 404 g/mol. The lowest BCUT2D eigenvalue weighted by atomic mass is 9.79. The summed E-state index contributed by atoms with van der Waals surface area (Å²) in [5, 5.41) is 50.2. The van der Waals surface area contributed by atoms with E-state index in [1.54, 1.807) is 6.92 Å². The van der Waals surface area contributed by atoms with Crippen LogP contribution >= 0.6 is 0 Å². The molecule has 2 fully saturated rings. The van der Waals surface area contributed by atoms with Crippen LogP contribution in [0.3, 0.4) is 0 Å². The molecule has 1 unspecified atom stereocenters. The standard InChI is InChI=1S/C17H24O11/c1-6-3-9(19)17(24)7(14(23)25-2)5-26-15(10(6)17)28-16-13(22)12(21)11(20)8(4-18)27-16/h5-6,8,10-13,15-16,18,20-22,24H,3-4H2,1-2H3/t6?,8-,10+,11-,12+,13-,15+,16+,17-/m1/s1. The molecule has 2 aliphatic heterocycles. The van der Waals surface area contributed by atoms with Gasteiger partial charge in [-0.3, -0.25) is 4.79 Å². The third kappa shape index (κ3) is 3.12. The Bertz CT molecular complexity index is 661. The van der Waals surface area contributed by atoms with Gasteiger partial charge in [-0.15, -0.1) is 0 Å². The molecule has 5 N–H and O–H groups in total. The Morgan fingerprint density at radius 2 is 1.93 bits per heavy atom. The minimum atomic E-state index is -2.20. The summed E-state index contributed by atoms with van der Waals surface area (Å²) in [7, 11) is 1.10. The Morgan fingerprint density at radius 1 is 1.25 bits per heavy atom. The van der Waals surface area contributed by atoms with Gasteiger partial charge in [0, 0.05) is 6.42 Å². The predicted octanol–water partition coefficient (Wildman–Crippen LogP) is -2.83. The average Bonchev–Trinajstić information content (AvgIpc) is 2.91. The van der Waals surface area contributed by atoms with E-state index >= 15 is 0 Å². The molecule has 0 aromatic carbocycles. The molecule has 0 amide bonds. The number of aliphatic hydroxyl groups is 5. The van der Waals surface area contributed by atoms with Crippen LogP contribution < -0.4 is 0 Å². The van der Waals surface area contributed by atoms with Crippen LogP contribution in [-0.2, 0) is 28.5 Å². The van der Waals surface area contributed by atoms with Crippen molar-refractivity contribution in [2.75, 3.05) is 13.7 Å². The number of ether oxygens (including phenoxy) is 4. The minimum absolute atomic E-state index is 0.0482. The second-order valence-electron chi connectivity index (χ2n) is 7.26. The molecule has 0 spiro atoms. The van der Waals surface area contributed by atoms with E-state index in [0.29, 0.717) is 0 Å². The Hall–Kier alpha value is -1.60. The first-order valence-electron chi connectivity index (χ1n) is 8.82. The van der Waals surface area contributed by atoms with Gasteiger partial charge in [0.1, 0.15) is 36.3 Å². The molecule has 3 rings (SSSR count). The fraction of sp³-hybridized carbons (Fsp3) is 0.765. The Balaban J connectivity index is 1.88. The van der Waals surface area contributed by atoms with Crippen LogP contribution in [0.5, 0.6) is 0 Å². The zero-order valence-corrected chi connectivity index (χ0v) is 15.3. The number of hydrogen-bond acceptors (Lipinski definition) is 11. The first kappa shape index (κ1) is 21.1. The number of carbonyl (C=O) groups is 2. The number of ketones is 1. The number of hydrogen-bond donors (Lipinski definition) is 5. The quantitative estimate of drug-likeness (QED) is 0.306. The summed E-state index contributed by atoms with van der Waals surface area (Å²) in [4.78, 5) is 24.5. The topological polar surface area (TPSA) is 172 Å². The zero-order valence-electron chi connectivity index (χ0n) is 15.3. The van der Waals surface area contributed by atoms with Crippen molar-refractivity contribution in [1.82, 2.24) is 0 Å². The summed E-state index contributed by atoms with van der Waals surface area (Å²) < 4.78 is 20.9. The highest BCUT2D eigenvalue weighted by molar-refractivity contribution is 6.04. The monoisotopic (exact) mass is 404 g/mol. The number of aliphatic hydroxyl groups excluding tert-OH is 4. The van der Waals surface area contributed by atoms with Crippen molar-refractivity contribution in [3.63, 3.8) is 0 Å². The molecular formula is C17H24O11. The van der Waals surface area contributed by atoms with Crippen LogP contribution in [-0.4, -0.2) is 93.6 Å². The summed E-state index contributed by atoms with van der Waals surface area (Å²) in [6.45, 7) is 1.01. The highest BCUT2D eigenvalue weighted by Gasteiger charge is 2.63. The van der Waals surface area contributed by atoms with Gasteiger partial charge >= 0.3 is 5.97 Å². The maximum absolute atomic E-state index is 12.5. The van der Waals surface area contributed by atoms with Gasteiger partial charge in [-0.1, -0.05) is 6.92 Å². The largest absolute Gasteiger partial charge is 0.471 e. The van der Waals surface area contributed by atoms with E-state index in [-0.39, 0.29) is 12.0 Å². The molecule has 3 aliphatic rings. The number of Topliss-reactive ketones (excluding diaryl/α,β-unsaturated/α-hetero) is 1. The predicted molar refractivity (Wildman–Crippen MR) is 87.1 cm³/mol. The molecular weight excluding hydrogens is 380 g/mol. The van der Waals surface area contributed by atoms with Gasteiger partial charge in [-0.2, -0.15) is 0 Å². The van der Waals surface area contributed by atoms with Crippen LogP contribution in [0.1, 0.15) is 13.3 Å².